The van der Waals surface area contributed by atoms with Crippen LogP contribution in [0, 0.1) is 6.92 Å². The summed E-state index contributed by atoms with van der Waals surface area (Å²) in [5.41, 5.74) is 2.40. The number of likely N-dealkylation sites (tertiary alicyclic amines) is 1. The topological polar surface area (TPSA) is 147 Å². The molecule has 2 unspecified atom stereocenters. The van der Waals surface area contributed by atoms with Gasteiger partial charge in [-0.15, -0.1) is 0 Å². The van der Waals surface area contributed by atoms with Gasteiger partial charge in [0.15, 0.2) is 0 Å². The molecule has 2 fully saturated rings. The summed E-state index contributed by atoms with van der Waals surface area (Å²) < 4.78 is 49.9. The van der Waals surface area contributed by atoms with Crippen LogP contribution in [0.25, 0.3) is 33.3 Å². The van der Waals surface area contributed by atoms with E-state index in [-0.39, 0.29) is 40.9 Å². The number of carbonyl (C=O) groups excluding carboxylic acids is 1. The van der Waals surface area contributed by atoms with E-state index in [1.165, 1.54) is 14.1 Å². The molecule has 3 aliphatic rings. The number of aliphatic hydroxyl groups excluding tert-OH is 1. The van der Waals surface area contributed by atoms with E-state index in [4.69, 9.17) is 21.3 Å². The number of hydrogen-bond donors (Lipinski definition) is 3. The maximum atomic E-state index is 14.0. The van der Waals surface area contributed by atoms with Gasteiger partial charge in [-0.2, -0.15) is 13.2 Å². The molecule has 1 spiro atoms. The molecular weight excluding hydrogens is 777 g/mol. The third-order valence-electron chi connectivity index (χ3n) is 11.9. The molecule has 3 aromatic heterocycles. The minimum atomic E-state index is -4.85. The quantitative estimate of drug-likeness (QED) is 0.173. The molecule has 58 heavy (non-hydrogen) atoms. The number of aliphatic hydroxyl groups is 1. The number of ether oxygens (including phenoxy) is 1. The zero-order valence-corrected chi connectivity index (χ0v) is 33.1. The SMILES string of the molecule is COc1nc(-c2cccc(-c3cccc(Nc4nc(C(F)(F)F)cc5c4c(=O)n(C)c(=O)n5C)c3C)c2Cl)cc2c1C(N1CCC3(CCN(CCO)C(=O)N3)C1)CC2. The van der Waals surface area contributed by atoms with E-state index in [2.05, 4.69) is 20.5 Å². The number of nitrogens with zero attached hydrogens (tertiary/aromatic N) is 6. The van der Waals surface area contributed by atoms with Crippen molar-refractivity contribution in [3.63, 3.8) is 0 Å². The number of hydrogen-bond acceptors (Lipinski definition) is 9. The number of nitrogens with one attached hydrogen (secondary N) is 2. The average molecular weight is 819 g/mol. The molecule has 0 radical (unpaired) electrons. The zero-order valence-electron chi connectivity index (χ0n) is 32.3. The number of anilines is 2. The number of aryl methyl sites for hydroxylation is 2. The summed E-state index contributed by atoms with van der Waals surface area (Å²) in [4.78, 5) is 51.6. The summed E-state index contributed by atoms with van der Waals surface area (Å²) in [6.07, 6.45) is -1.56. The first-order valence-corrected chi connectivity index (χ1v) is 19.4. The Kier molecular flexibility index (Phi) is 10.0. The van der Waals surface area contributed by atoms with Crippen LogP contribution in [0.5, 0.6) is 5.88 Å². The van der Waals surface area contributed by atoms with Gasteiger partial charge in [0, 0.05) is 68.7 Å². The van der Waals surface area contributed by atoms with Crippen molar-refractivity contribution >= 4 is 40.0 Å². The lowest BCUT2D eigenvalue weighted by atomic mass is 9.92. The number of methoxy groups -OCH3 is 1. The number of fused-ring (bicyclic) bond motifs is 2. The number of halogens is 4. The Morgan fingerprint density at radius 2 is 1.74 bits per heavy atom. The van der Waals surface area contributed by atoms with Crippen LogP contribution in [0.4, 0.5) is 29.5 Å². The minimum Gasteiger partial charge on any atom is -0.481 e. The van der Waals surface area contributed by atoms with Crippen LogP contribution in [-0.4, -0.2) is 85.5 Å². The Hall–Kier alpha value is -5.45. The summed E-state index contributed by atoms with van der Waals surface area (Å²) in [5.74, 6) is 0.164. The van der Waals surface area contributed by atoms with Gasteiger partial charge in [-0.3, -0.25) is 18.8 Å². The fourth-order valence-corrected chi connectivity index (χ4v) is 9.15. The van der Waals surface area contributed by atoms with Gasteiger partial charge >= 0.3 is 17.9 Å². The number of aromatic nitrogens is 4. The molecular formula is C41H42ClF3N8O5. The van der Waals surface area contributed by atoms with E-state index in [1.54, 1.807) is 31.1 Å². The predicted molar refractivity (Wildman–Crippen MR) is 214 cm³/mol. The van der Waals surface area contributed by atoms with Crippen LogP contribution >= 0.6 is 11.6 Å². The number of amides is 2. The highest BCUT2D eigenvalue weighted by Gasteiger charge is 2.46. The fraction of sp³-hybridized carbons (Fsp3) is 0.390. The smallest absolute Gasteiger partial charge is 0.433 e. The summed E-state index contributed by atoms with van der Waals surface area (Å²) in [5, 5.41) is 15.8. The Balaban J connectivity index is 1.11. The van der Waals surface area contributed by atoms with E-state index in [9.17, 15) is 32.7 Å². The molecule has 2 aromatic carbocycles. The summed E-state index contributed by atoms with van der Waals surface area (Å²) in [7, 11) is 4.16. The van der Waals surface area contributed by atoms with E-state index in [0.717, 1.165) is 52.5 Å². The van der Waals surface area contributed by atoms with Gasteiger partial charge in [0.2, 0.25) is 5.88 Å². The minimum absolute atomic E-state index is 0.0615. The number of benzene rings is 2. The van der Waals surface area contributed by atoms with Crippen LogP contribution in [0.2, 0.25) is 5.02 Å². The van der Waals surface area contributed by atoms with Crippen molar-refractivity contribution in [1.82, 2.24) is 34.2 Å². The average Bonchev–Trinajstić information content (AvgIpc) is 3.81. The van der Waals surface area contributed by atoms with Gasteiger partial charge in [-0.1, -0.05) is 41.9 Å². The van der Waals surface area contributed by atoms with Crippen molar-refractivity contribution in [3.8, 4) is 28.3 Å². The van der Waals surface area contributed by atoms with E-state index in [1.807, 2.05) is 30.3 Å². The normalized spacial score (nSPS) is 19.6. The van der Waals surface area contributed by atoms with Crippen LogP contribution < -0.4 is 26.6 Å². The van der Waals surface area contributed by atoms with Gasteiger partial charge in [0.25, 0.3) is 5.56 Å². The van der Waals surface area contributed by atoms with Crippen LogP contribution in [0.15, 0.2) is 58.1 Å². The number of carbonyl (C=O) groups is 1. The van der Waals surface area contributed by atoms with Crippen molar-refractivity contribution < 1.29 is 27.8 Å². The molecule has 13 nitrogen and oxygen atoms in total. The first-order chi connectivity index (χ1) is 27.6. The van der Waals surface area contributed by atoms with E-state index < -0.39 is 23.1 Å². The second-order valence-corrected chi connectivity index (χ2v) is 15.6. The van der Waals surface area contributed by atoms with Crippen LogP contribution in [0.1, 0.15) is 47.7 Å². The van der Waals surface area contributed by atoms with E-state index in [0.29, 0.717) is 70.2 Å². The second kappa shape index (κ2) is 14.7. The van der Waals surface area contributed by atoms with Gasteiger partial charge in [-0.25, -0.2) is 19.6 Å². The van der Waals surface area contributed by atoms with Crippen molar-refractivity contribution in [2.24, 2.45) is 14.1 Å². The summed E-state index contributed by atoms with van der Waals surface area (Å²) >= 11 is 7.21. The molecule has 3 N–H and O–H groups in total. The second-order valence-electron chi connectivity index (χ2n) is 15.3. The number of β-amino-alcohol motifs (C(OH)–C–C–N with tert-alkyl or cyclic N) is 1. The van der Waals surface area contributed by atoms with Crippen molar-refractivity contribution in [3.05, 3.63) is 96.8 Å². The van der Waals surface area contributed by atoms with Crippen molar-refractivity contribution in [2.75, 3.05) is 45.2 Å². The molecule has 5 heterocycles. The molecule has 1 aliphatic carbocycles. The van der Waals surface area contributed by atoms with Gasteiger partial charge in [0.05, 0.1) is 35.5 Å². The zero-order chi connectivity index (χ0) is 41.3. The first kappa shape index (κ1) is 39.4. The van der Waals surface area contributed by atoms with Crippen LogP contribution in [0.3, 0.4) is 0 Å². The number of rotatable bonds is 8. The standard InChI is InChI=1S/C41H42ClF3N8O5/c1-22-24(7-6-10-27(22)46-35-33-30(20-31(48-35)41(43,44)45)50(2)39(57)51(3)37(33)55)25-8-5-9-26(34(25)42)28-19-23-11-12-29(32(23)36(47-28)58-4)53-16-14-40(21-53)13-15-52(17-18-54)38(56)49-40/h5-10,19-20,29,54H,11-18,21H2,1-4H3,(H,46,48)(H,49,56). The lowest BCUT2D eigenvalue weighted by molar-refractivity contribution is -0.141. The Morgan fingerprint density at radius 3 is 2.47 bits per heavy atom. The van der Waals surface area contributed by atoms with Gasteiger partial charge < -0.3 is 25.4 Å². The molecule has 17 heteroatoms. The van der Waals surface area contributed by atoms with Crippen molar-refractivity contribution in [1.29, 1.82) is 0 Å². The maximum Gasteiger partial charge on any atom is 0.433 e. The molecule has 2 saturated heterocycles. The summed E-state index contributed by atoms with van der Waals surface area (Å²) in [6.45, 7) is 4.15. The molecule has 304 valence electrons. The van der Waals surface area contributed by atoms with E-state index >= 15 is 0 Å². The molecule has 2 aliphatic heterocycles. The number of pyridine rings is 2. The molecule has 2 amide bonds. The Morgan fingerprint density at radius 1 is 1.02 bits per heavy atom. The number of alkyl halides is 3. The molecule has 8 rings (SSSR count). The van der Waals surface area contributed by atoms with Gasteiger partial charge in [0.1, 0.15) is 16.9 Å². The highest BCUT2D eigenvalue weighted by Crippen LogP contribution is 2.47. The van der Waals surface area contributed by atoms with Gasteiger partial charge in [-0.05, 0) is 67.5 Å². The van der Waals surface area contributed by atoms with Crippen molar-refractivity contribution in [2.45, 2.75) is 50.4 Å². The Bertz CT molecular complexity index is 2610. The summed E-state index contributed by atoms with van der Waals surface area (Å²) in [6, 6.07) is 13.5. The third kappa shape index (κ3) is 6.66. The molecule has 0 bridgehead atoms. The highest BCUT2D eigenvalue weighted by atomic mass is 35.5. The predicted octanol–water partition coefficient (Wildman–Crippen LogP) is 5.93. The molecule has 5 aromatic rings. The fourth-order valence-electron chi connectivity index (χ4n) is 8.82. The lowest BCUT2D eigenvalue weighted by Crippen LogP contribution is -2.61. The molecule has 2 atom stereocenters. The monoisotopic (exact) mass is 818 g/mol. The lowest BCUT2D eigenvalue weighted by Gasteiger charge is -2.40. The number of urea groups is 1. The maximum absolute atomic E-state index is 14.0. The first-order valence-electron chi connectivity index (χ1n) is 19.0. The van der Waals surface area contributed by atoms with Crippen LogP contribution in [-0.2, 0) is 26.7 Å². The Labute approximate surface area is 336 Å². The highest BCUT2D eigenvalue weighted by molar-refractivity contribution is 6.36. The largest absolute Gasteiger partial charge is 0.481 e. The third-order valence-corrected chi connectivity index (χ3v) is 12.3. The molecule has 0 saturated carbocycles.